The molecule has 96 valence electrons. The molecule has 0 saturated carbocycles. The maximum absolute atomic E-state index is 11.5. The molecule has 1 aliphatic rings. The molecule has 5 nitrogen and oxygen atoms in total. The van der Waals surface area contributed by atoms with Gasteiger partial charge in [0, 0.05) is 0 Å². The first-order valence-corrected chi connectivity index (χ1v) is 6.93. The van der Waals surface area contributed by atoms with E-state index in [1.807, 2.05) is 0 Å². The zero-order valence-corrected chi connectivity index (χ0v) is 11.3. The van der Waals surface area contributed by atoms with E-state index in [0.717, 1.165) is 12.0 Å². The van der Waals surface area contributed by atoms with Gasteiger partial charge in [-0.05, 0) is 39.2 Å². The van der Waals surface area contributed by atoms with Gasteiger partial charge >= 0.3 is 14.1 Å². The molecule has 1 aliphatic carbocycles. The van der Waals surface area contributed by atoms with E-state index >= 15 is 0 Å². The molecule has 6 heteroatoms. The first kappa shape index (κ1) is 14.1. The van der Waals surface area contributed by atoms with Gasteiger partial charge in [-0.1, -0.05) is 10.6 Å². The topological polar surface area (TPSA) is 78.5 Å². The lowest BCUT2D eigenvalue weighted by Gasteiger charge is -2.21. The van der Waals surface area contributed by atoms with Gasteiger partial charge in [0.05, 0.1) is 6.04 Å². The van der Waals surface area contributed by atoms with Crippen molar-refractivity contribution in [2.45, 2.75) is 45.3 Å². The summed E-state index contributed by atoms with van der Waals surface area (Å²) in [4.78, 5) is 22.0. The summed E-state index contributed by atoms with van der Waals surface area (Å²) in [6.45, 7) is 5.39. The number of hydrogen-bond donors (Lipinski definition) is 1. The zero-order valence-electron chi connectivity index (χ0n) is 10.4. The number of carbonyl (C=O) groups is 1. The van der Waals surface area contributed by atoms with Crippen molar-refractivity contribution >= 4 is 14.1 Å². The van der Waals surface area contributed by atoms with E-state index in [-0.39, 0.29) is 12.2 Å². The van der Waals surface area contributed by atoms with Crippen LogP contribution in [0.2, 0.25) is 0 Å². The van der Waals surface area contributed by atoms with E-state index in [1.165, 1.54) is 0 Å². The van der Waals surface area contributed by atoms with E-state index in [1.54, 1.807) is 26.8 Å². The van der Waals surface area contributed by atoms with Crippen molar-refractivity contribution in [2.24, 2.45) is 0 Å². The van der Waals surface area contributed by atoms with Crippen molar-refractivity contribution in [3.63, 3.8) is 0 Å². The van der Waals surface area contributed by atoms with Gasteiger partial charge in [-0.2, -0.15) is 0 Å². The Balaban J connectivity index is 2.41. The minimum atomic E-state index is -2.39. The van der Waals surface area contributed by atoms with E-state index in [4.69, 9.17) is 4.74 Å². The second-order valence-corrected chi connectivity index (χ2v) is 6.09. The molecule has 0 heterocycles. The van der Waals surface area contributed by atoms with Crippen LogP contribution < -0.4 is 10.2 Å². The van der Waals surface area contributed by atoms with Crippen LogP contribution in [0.3, 0.4) is 0 Å². The van der Waals surface area contributed by atoms with Crippen molar-refractivity contribution in [1.82, 2.24) is 5.32 Å². The molecule has 1 amide bonds. The molecule has 0 aromatic rings. The van der Waals surface area contributed by atoms with E-state index in [9.17, 15) is 14.3 Å². The minimum Gasteiger partial charge on any atom is -0.595 e. The summed E-state index contributed by atoms with van der Waals surface area (Å²) in [5.74, 6) is 0. The van der Waals surface area contributed by atoms with Gasteiger partial charge in [0.1, 0.15) is 5.60 Å². The highest BCUT2D eigenvalue weighted by molar-refractivity contribution is 7.36. The predicted octanol–water partition coefficient (Wildman–Crippen LogP) is 1.70. The Hall–Kier alpha value is -0.930. The largest absolute Gasteiger partial charge is 0.595 e. The van der Waals surface area contributed by atoms with Crippen molar-refractivity contribution in [3.05, 3.63) is 11.6 Å². The number of carbonyl (C=O) groups excluding carboxylic acids is 1. The first-order chi connectivity index (χ1) is 7.76. The molecule has 0 saturated heterocycles. The second kappa shape index (κ2) is 5.61. The average Bonchev–Trinajstić information content (AvgIpc) is 2.46. The smallest absolute Gasteiger partial charge is 0.408 e. The highest BCUT2D eigenvalue weighted by Crippen LogP contribution is 2.24. The SMILES string of the molecule is CC(C)(C)OC(=O)NC1C=C(C[P+](=O)[O-])CC1. The van der Waals surface area contributed by atoms with Crippen LogP contribution in [0.1, 0.15) is 33.6 Å². The Morgan fingerprint density at radius 2 is 2.29 bits per heavy atom. The van der Waals surface area contributed by atoms with Crippen LogP contribution in [0.5, 0.6) is 0 Å². The second-order valence-electron chi connectivity index (χ2n) is 5.11. The van der Waals surface area contributed by atoms with Gasteiger partial charge in [-0.15, -0.1) is 0 Å². The summed E-state index contributed by atoms with van der Waals surface area (Å²) in [5.41, 5.74) is 0.343. The van der Waals surface area contributed by atoms with Crippen molar-refractivity contribution < 1.29 is 19.0 Å². The zero-order chi connectivity index (χ0) is 13.1. The third-order valence-electron chi connectivity index (χ3n) is 2.25. The van der Waals surface area contributed by atoms with Gasteiger partial charge in [0.25, 0.3) is 0 Å². The number of nitrogens with one attached hydrogen (secondary N) is 1. The maximum Gasteiger partial charge on any atom is 0.408 e. The minimum absolute atomic E-state index is 0.0852. The Kier molecular flexibility index (Phi) is 4.66. The lowest BCUT2D eigenvalue weighted by Crippen LogP contribution is -2.37. The Morgan fingerprint density at radius 1 is 1.65 bits per heavy atom. The predicted molar refractivity (Wildman–Crippen MR) is 62.9 cm³/mol. The quantitative estimate of drug-likeness (QED) is 0.618. The summed E-state index contributed by atoms with van der Waals surface area (Å²) < 4.78 is 15.7. The number of ether oxygens (including phenoxy) is 1. The molecule has 0 radical (unpaired) electrons. The molecule has 0 aromatic heterocycles. The third kappa shape index (κ3) is 5.80. The number of hydrogen-bond acceptors (Lipinski definition) is 4. The monoisotopic (exact) mass is 259 g/mol. The van der Waals surface area contributed by atoms with Crippen LogP contribution in [0.25, 0.3) is 0 Å². The summed E-state index contributed by atoms with van der Waals surface area (Å²) in [7, 11) is -2.39. The summed E-state index contributed by atoms with van der Waals surface area (Å²) >= 11 is 0. The lowest BCUT2D eigenvalue weighted by atomic mass is 10.2. The molecule has 1 rings (SSSR count). The van der Waals surface area contributed by atoms with Crippen molar-refractivity contribution in [2.75, 3.05) is 6.16 Å². The summed E-state index contributed by atoms with van der Waals surface area (Å²) in [6, 6.07) is -0.116. The summed E-state index contributed by atoms with van der Waals surface area (Å²) in [6.07, 6.45) is 2.87. The fourth-order valence-electron chi connectivity index (χ4n) is 1.66. The van der Waals surface area contributed by atoms with Crippen molar-refractivity contribution in [1.29, 1.82) is 0 Å². The van der Waals surface area contributed by atoms with Crippen LogP contribution in [0, 0.1) is 0 Å². The Bertz CT molecular complexity index is 346. The van der Waals surface area contributed by atoms with Crippen LogP contribution in [0.4, 0.5) is 4.79 Å². The number of amides is 1. The molecule has 0 aromatic carbocycles. The van der Waals surface area contributed by atoms with E-state index < -0.39 is 19.7 Å². The Labute approximate surface area is 102 Å². The molecule has 0 aliphatic heterocycles. The normalized spacial score (nSPS) is 20.8. The number of alkyl carbamates (subject to hydrolysis) is 1. The molecule has 0 spiro atoms. The highest BCUT2D eigenvalue weighted by Gasteiger charge is 2.23. The fraction of sp³-hybridized carbons (Fsp3) is 0.727. The van der Waals surface area contributed by atoms with Gasteiger partial charge < -0.3 is 14.9 Å². The van der Waals surface area contributed by atoms with Crippen LogP contribution >= 0.6 is 8.03 Å². The fourth-order valence-corrected chi connectivity index (χ4v) is 2.26. The lowest BCUT2D eigenvalue weighted by molar-refractivity contribution is -0.163. The number of rotatable bonds is 3. The first-order valence-electron chi connectivity index (χ1n) is 5.57. The van der Waals surface area contributed by atoms with Crippen molar-refractivity contribution in [3.8, 4) is 0 Å². The van der Waals surface area contributed by atoms with Crippen LogP contribution in [0.15, 0.2) is 11.6 Å². The van der Waals surface area contributed by atoms with Gasteiger partial charge in [0.15, 0.2) is 6.16 Å². The van der Waals surface area contributed by atoms with E-state index in [0.29, 0.717) is 6.42 Å². The third-order valence-corrected chi connectivity index (χ3v) is 2.91. The molecule has 2 atom stereocenters. The van der Waals surface area contributed by atoms with Gasteiger partial charge in [-0.3, -0.25) is 0 Å². The average molecular weight is 259 g/mol. The van der Waals surface area contributed by atoms with E-state index in [2.05, 4.69) is 5.32 Å². The molecule has 1 N–H and O–H groups in total. The molecule has 17 heavy (non-hydrogen) atoms. The standard InChI is InChI=1S/C11H18NO4P/c1-11(2,3)16-10(13)12-9-5-4-8(6-9)7-17(14)15/h6,9H,4-5,7H2,1-3H3,(H,12,13). The van der Waals surface area contributed by atoms with Crippen LogP contribution in [-0.4, -0.2) is 23.9 Å². The Morgan fingerprint density at radius 3 is 2.82 bits per heavy atom. The van der Waals surface area contributed by atoms with Gasteiger partial charge in [-0.25, -0.2) is 4.79 Å². The van der Waals surface area contributed by atoms with Crippen LogP contribution in [-0.2, 0) is 9.30 Å². The highest BCUT2D eigenvalue weighted by atomic mass is 31.1. The van der Waals surface area contributed by atoms with Gasteiger partial charge in [0.2, 0.25) is 0 Å². The molecule has 0 bridgehead atoms. The molecular formula is C11H18NO4P. The molecular weight excluding hydrogens is 241 g/mol. The molecule has 2 unspecified atom stereocenters. The number of allylic oxidation sites excluding steroid dienone is 1. The molecule has 0 fully saturated rings. The maximum atomic E-state index is 11.5. The summed E-state index contributed by atoms with van der Waals surface area (Å²) in [5, 5.41) is 2.70.